The first-order valence-corrected chi connectivity index (χ1v) is 4.14. The van der Waals surface area contributed by atoms with Crippen molar-refractivity contribution >= 4 is 37.8 Å². The van der Waals surface area contributed by atoms with E-state index in [9.17, 15) is 9.90 Å². The largest absolute Gasteiger partial charge is 0.549 e. The van der Waals surface area contributed by atoms with Gasteiger partial charge in [0.2, 0.25) is 0 Å². The summed E-state index contributed by atoms with van der Waals surface area (Å²) in [4.78, 5) is 10.1. The summed E-state index contributed by atoms with van der Waals surface area (Å²) in [5, 5.41) is 10.3. The fourth-order valence-electron chi connectivity index (χ4n) is 0.162. The Kier molecular flexibility index (Phi) is 3.16. The Bertz CT molecular complexity index is 120. The number of alkyl halides is 2. The van der Waals surface area contributed by atoms with Gasteiger partial charge >= 0.3 is 0 Å². The van der Waals surface area contributed by atoms with Crippen LogP contribution in [0.2, 0.25) is 0 Å². The summed E-state index contributed by atoms with van der Waals surface area (Å²) in [5.41, 5.74) is 0. The SMILES string of the molecule is C[C@@H](Br)[C@](C)(Br)C(=O)[O-]. The summed E-state index contributed by atoms with van der Waals surface area (Å²) in [6.45, 7) is 3.28. The molecular formula is C5H7Br2O2-. The molecule has 4 heteroatoms. The van der Waals surface area contributed by atoms with Gasteiger partial charge in [-0.25, -0.2) is 0 Å². The van der Waals surface area contributed by atoms with Crippen molar-refractivity contribution in [2.45, 2.75) is 23.0 Å². The maximum atomic E-state index is 10.3. The minimum absolute atomic E-state index is 0.144. The van der Waals surface area contributed by atoms with Crippen molar-refractivity contribution in [2.75, 3.05) is 0 Å². The average molecular weight is 259 g/mol. The molecule has 0 spiro atoms. The Morgan fingerprint density at radius 2 is 2.11 bits per heavy atom. The molecule has 0 aliphatic carbocycles. The van der Waals surface area contributed by atoms with Gasteiger partial charge < -0.3 is 9.90 Å². The number of carbonyl (C=O) groups excluding carboxylic acids is 1. The van der Waals surface area contributed by atoms with Crippen LogP contribution in [0.25, 0.3) is 0 Å². The van der Waals surface area contributed by atoms with Crippen LogP contribution >= 0.6 is 31.9 Å². The van der Waals surface area contributed by atoms with E-state index < -0.39 is 10.3 Å². The van der Waals surface area contributed by atoms with Gasteiger partial charge in [0.05, 0.1) is 10.3 Å². The molecule has 0 aromatic carbocycles. The maximum Gasteiger partial charge on any atom is 0.0744 e. The van der Waals surface area contributed by atoms with Crippen LogP contribution in [0, 0.1) is 0 Å². The third kappa shape index (κ3) is 2.26. The van der Waals surface area contributed by atoms with Crippen LogP contribution in [-0.4, -0.2) is 15.1 Å². The van der Waals surface area contributed by atoms with Crippen LogP contribution in [-0.2, 0) is 4.79 Å². The van der Waals surface area contributed by atoms with Crippen molar-refractivity contribution in [3.8, 4) is 0 Å². The van der Waals surface area contributed by atoms with E-state index in [0.717, 1.165) is 0 Å². The second kappa shape index (κ2) is 3.01. The standard InChI is InChI=1S/C5H8Br2O2/c1-3(6)5(2,7)4(8)9/h3H,1-2H3,(H,8,9)/p-1/t3-,5+/m1/s1. The molecule has 54 valence electrons. The predicted octanol–water partition coefficient (Wildman–Crippen LogP) is 0.673. The quantitative estimate of drug-likeness (QED) is 0.684. The molecular weight excluding hydrogens is 252 g/mol. The highest BCUT2D eigenvalue weighted by atomic mass is 79.9. The summed E-state index contributed by atoms with van der Waals surface area (Å²) in [6, 6.07) is 0. The van der Waals surface area contributed by atoms with E-state index in [1.165, 1.54) is 0 Å². The molecule has 0 amide bonds. The van der Waals surface area contributed by atoms with E-state index in [2.05, 4.69) is 31.9 Å². The summed E-state index contributed by atoms with van der Waals surface area (Å²) in [5.74, 6) is -1.10. The molecule has 0 aromatic heterocycles. The Balaban J connectivity index is 4.19. The van der Waals surface area contributed by atoms with Crippen LogP contribution in [0.1, 0.15) is 13.8 Å². The molecule has 0 aliphatic rings. The summed E-state index contributed by atoms with van der Waals surface area (Å²) in [7, 11) is 0. The Morgan fingerprint density at radius 1 is 1.78 bits per heavy atom. The Labute approximate surface area is 70.9 Å². The molecule has 0 saturated carbocycles. The maximum absolute atomic E-state index is 10.3. The molecule has 0 radical (unpaired) electrons. The lowest BCUT2D eigenvalue weighted by Crippen LogP contribution is -2.46. The normalized spacial score (nSPS) is 20.4. The van der Waals surface area contributed by atoms with E-state index in [4.69, 9.17) is 0 Å². The van der Waals surface area contributed by atoms with Crippen LogP contribution < -0.4 is 5.11 Å². The van der Waals surface area contributed by atoms with Gasteiger partial charge in [0, 0.05) is 4.83 Å². The van der Waals surface area contributed by atoms with Gasteiger partial charge in [-0.3, -0.25) is 0 Å². The molecule has 0 aliphatic heterocycles. The van der Waals surface area contributed by atoms with Gasteiger partial charge in [-0.05, 0) is 6.92 Å². The summed E-state index contributed by atoms with van der Waals surface area (Å²) < 4.78 is -0.965. The number of halogens is 2. The smallest absolute Gasteiger partial charge is 0.0744 e. The topological polar surface area (TPSA) is 40.1 Å². The minimum atomic E-state index is -1.10. The minimum Gasteiger partial charge on any atom is -0.549 e. The van der Waals surface area contributed by atoms with Crippen LogP contribution in [0.5, 0.6) is 0 Å². The lowest BCUT2D eigenvalue weighted by atomic mass is 10.1. The molecule has 9 heavy (non-hydrogen) atoms. The average Bonchev–Trinajstić information content (AvgIpc) is 1.65. The zero-order valence-electron chi connectivity index (χ0n) is 5.15. The van der Waals surface area contributed by atoms with Crippen molar-refractivity contribution in [1.29, 1.82) is 0 Å². The molecule has 0 rings (SSSR count). The summed E-state index contributed by atoms with van der Waals surface area (Å²) in [6.07, 6.45) is 0. The second-order valence-corrected chi connectivity index (χ2v) is 5.00. The van der Waals surface area contributed by atoms with E-state index in [-0.39, 0.29) is 4.83 Å². The first-order chi connectivity index (χ1) is 3.89. The van der Waals surface area contributed by atoms with Crippen LogP contribution in [0.3, 0.4) is 0 Å². The van der Waals surface area contributed by atoms with Crippen molar-refractivity contribution in [3.05, 3.63) is 0 Å². The molecule has 0 N–H and O–H groups in total. The van der Waals surface area contributed by atoms with E-state index in [1.54, 1.807) is 13.8 Å². The molecule has 0 fully saturated rings. The summed E-state index contributed by atoms with van der Waals surface area (Å²) >= 11 is 6.13. The third-order valence-corrected chi connectivity index (χ3v) is 3.69. The highest BCUT2D eigenvalue weighted by Gasteiger charge is 2.27. The predicted molar refractivity (Wildman–Crippen MR) is 40.7 cm³/mol. The van der Waals surface area contributed by atoms with Gasteiger partial charge in [0.25, 0.3) is 0 Å². The van der Waals surface area contributed by atoms with Crippen LogP contribution in [0.4, 0.5) is 0 Å². The molecule has 0 aromatic rings. The van der Waals surface area contributed by atoms with Gasteiger partial charge in [-0.2, -0.15) is 0 Å². The number of hydrogen-bond acceptors (Lipinski definition) is 2. The Morgan fingerprint density at radius 3 is 2.11 bits per heavy atom. The molecule has 0 heterocycles. The number of carboxylic acid groups (broad SMARTS) is 1. The van der Waals surface area contributed by atoms with Crippen molar-refractivity contribution in [3.63, 3.8) is 0 Å². The van der Waals surface area contributed by atoms with Crippen molar-refractivity contribution < 1.29 is 9.90 Å². The first kappa shape index (κ1) is 9.43. The van der Waals surface area contributed by atoms with E-state index in [1.807, 2.05) is 0 Å². The fraction of sp³-hybridized carbons (Fsp3) is 0.800. The van der Waals surface area contributed by atoms with Crippen molar-refractivity contribution in [1.82, 2.24) is 0 Å². The fourth-order valence-corrected chi connectivity index (χ4v) is 0.349. The second-order valence-electron chi connectivity index (χ2n) is 1.98. The number of rotatable bonds is 2. The lowest BCUT2D eigenvalue weighted by molar-refractivity contribution is -0.308. The number of carboxylic acids is 1. The monoisotopic (exact) mass is 257 g/mol. The molecule has 2 atom stereocenters. The number of carbonyl (C=O) groups is 1. The first-order valence-electron chi connectivity index (χ1n) is 2.43. The zero-order chi connectivity index (χ0) is 7.65. The van der Waals surface area contributed by atoms with Gasteiger partial charge in [-0.15, -0.1) is 0 Å². The Hall–Kier alpha value is 0.430. The molecule has 0 saturated heterocycles. The highest BCUT2D eigenvalue weighted by Crippen LogP contribution is 2.26. The van der Waals surface area contributed by atoms with Gasteiger partial charge in [0.15, 0.2) is 0 Å². The number of hydrogen-bond donors (Lipinski definition) is 0. The van der Waals surface area contributed by atoms with Gasteiger partial charge in [0.1, 0.15) is 0 Å². The highest BCUT2D eigenvalue weighted by molar-refractivity contribution is 9.12. The number of aliphatic carboxylic acids is 1. The lowest BCUT2D eigenvalue weighted by Gasteiger charge is -2.26. The zero-order valence-corrected chi connectivity index (χ0v) is 8.32. The molecule has 0 unspecified atom stereocenters. The van der Waals surface area contributed by atoms with Gasteiger partial charge in [-0.1, -0.05) is 38.8 Å². The molecule has 2 nitrogen and oxygen atoms in total. The van der Waals surface area contributed by atoms with Crippen molar-refractivity contribution in [2.24, 2.45) is 0 Å². The van der Waals surface area contributed by atoms with Crippen LogP contribution in [0.15, 0.2) is 0 Å². The van der Waals surface area contributed by atoms with E-state index >= 15 is 0 Å². The third-order valence-electron chi connectivity index (χ3n) is 1.15. The molecule has 0 bridgehead atoms. The van der Waals surface area contributed by atoms with E-state index in [0.29, 0.717) is 0 Å².